The lowest BCUT2D eigenvalue weighted by Gasteiger charge is -2.31. The van der Waals surface area contributed by atoms with Crippen molar-refractivity contribution in [3.63, 3.8) is 0 Å². The van der Waals surface area contributed by atoms with Crippen LogP contribution in [0, 0.1) is 5.41 Å². The van der Waals surface area contributed by atoms with E-state index in [0.29, 0.717) is 13.0 Å². The first-order valence-electron chi connectivity index (χ1n) is 6.10. The Bertz CT molecular complexity index is 433. The van der Waals surface area contributed by atoms with Crippen LogP contribution in [0.5, 0.6) is 0 Å². The molecule has 0 fully saturated rings. The standard InChI is InChI=1S/C11H20N4O3/c1-3-11(4-2,5-6-16)7-12-9(17)8-13-10(18)15-14-8/h16H,3-7H2,1-2H3,(H,12,17)(H2,13,14,15,18). The number of aliphatic hydroxyl groups excluding tert-OH is 1. The highest BCUT2D eigenvalue weighted by Crippen LogP contribution is 2.29. The van der Waals surface area contributed by atoms with Gasteiger partial charge in [0, 0.05) is 13.2 Å². The minimum Gasteiger partial charge on any atom is -0.396 e. The minimum atomic E-state index is -0.507. The van der Waals surface area contributed by atoms with E-state index in [4.69, 9.17) is 5.11 Å². The van der Waals surface area contributed by atoms with Crippen LogP contribution >= 0.6 is 0 Å². The van der Waals surface area contributed by atoms with E-state index in [1.165, 1.54) is 0 Å². The largest absolute Gasteiger partial charge is 0.396 e. The van der Waals surface area contributed by atoms with Gasteiger partial charge in [-0.2, -0.15) is 0 Å². The van der Waals surface area contributed by atoms with Crippen molar-refractivity contribution in [2.24, 2.45) is 5.41 Å². The predicted molar refractivity (Wildman–Crippen MR) is 66.3 cm³/mol. The summed E-state index contributed by atoms with van der Waals surface area (Å²) in [7, 11) is 0. The Kier molecular flexibility index (Phi) is 5.08. The molecule has 0 spiro atoms. The maximum atomic E-state index is 11.7. The van der Waals surface area contributed by atoms with E-state index in [2.05, 4.69) is 20.5 Å². The zero-order valence-corrected chi connectivity index (χ0v) is 10.7. The number of hydrogen-bond acceptors (Lipinski definition) is 4. The number of nitrogens with zero attached hydrogens (tertiary/aromatic N) is 1. The first-order valence-corrected chi connectivity index (χ1v) is 6.10. The molecule has 0 aromatic carbocycles. The van der Waals surface area contributed by atoms with Gasteiger partial charge in [-0.1, -0.05) is 13.8 Å². The number of carbonyl (C=O) groups is 1. The van der Waals surface area contributed by atoms with Gasteiger partial charge >= 0.3 is 5.69 Å². The number of nitrogens with one attached hydrogen (secondary N) is 3. The van der Waals surface area contributed by atoms with Crippen LogP contribution in [-0.2, 0) is 0 Å². The number of H-pyrrole nitrogens is 2. The number of carbonyl (C=O) groups excluding carboxylic acids is 1. The van der Waals surface area contributed by atoms with Gasteiger partial charge in [0.2, 0.25) is 5.82 Å². The van der Waals surface area contributed by atoms with Gasteiger partial charge in [0.05, 0.1) is 0 Å². The molecule has 0 saturated carbocycles. The summed E-state index contributed by atoms with van der Waals surface area (Å²) in [5.74, 6) is -0.442. The molecule has 0 aliphatic rings. The van der Waals surface area contributed by atoms with Crippen molar-refractivity contribution < 1.29 is 9.90 Å². The summed E-state index contributed by atoms with van der Waals surface area (Å²) >= 11 is 0. The summed E-state index contributed by atoms with van der Waals surface area (Å²) in [5, 5.41) is 17.5. The molecule has 1 amide bonds. The van der Waals surface area contributed by atoms with Crippen LogP contribution < -0.4 is 11.0 Å². The minimum absolute atomic E-state index is 0.0231. The van der Waals surface area contributed by atoms with E-state index in [-0.39, 0.29) is 17.8 Å². The van der Waals surface area contributed by atoms with E-state index in [1.807, 2.05) is 13.8 Å². The highest BCUT2D eigenvalue weighted by atomic mass is 16.3. The van der Waals surface area contributed by atoms with Crippen LogP contribution in [0.1, 0.15) is 43.7 Å². The summed E-state index contributed by atoms with van der Waals surface area (Å²) in [4.78, 5) is 24.8. The topological polar surface area (TPSA) is 111 Å². The number of amides is 1. The molecule has 0 bridgehead atoms. The van der Waals surface area contributed by atoms with Gasteiger partial charge in [-0.15, -0.1) is 5.10 Å². The molecular weight excluding hydrogens is 236 g/mol. The van der Waals surface area contributed by atoms with Crippen molar-refractivity contribution in [1.29, 1.82) is 0 Å². The van der Waals surface area contributed by atoms with Crippen molar-refractivity contribution >= 4 is 5.91 Å². The number of rotatable bonds is 7. The first-order chi connectivity index (χ1) is 8.56. The van der Waals surface area contributed by atoms with Crippen LogP contribution in [-0.4, -0.2) is 39.3 Å². The van der Waals surface area contributed by atoms with Gasteiger partial charge in [0.25, 0.3) is 5.91 Å². The SMILES string of the molecule is CCC(CC)(CCO)CNC(=O)c1n[nH]c(=O)[nH]1. The van der Waals surface area contributed by atoms with Crippen molar-refractivity contribution in [2.75, 3.05) is 13.2 Å². The van der Waals surface area contributed by atoms with Gasteiger partial charge in [-0.25, -0.2) is 9.89 Å². The van der Waals surface area contributed by atoms with E-state index in [1.54, 1.807) is 0 Å². The van der Waals surface area contributed by atoms with E-state index in [0.717, 1.165) is 12.8 Å². The average Bonchev–Trinajstić information content (AvgIpc) is 2.81. The maximum absolute atomic E-state index is 11.7. The molecule has 18 heavy (non-hydrogen) atoms. The van der Waals surface area contributed by atoms with Gasteiger partial charge in [0.15, 0.2) is 0 Å². The Morgan fingerprint density at radius 1 is 1.44 bits per heavy atom. The fourth-order valence-corrected chi connectivity index (χ4v) is 1.91. The van der Waals surface area contributed by atoms with Crippen LogP contribution in [0.25, 0.3) is 0 Å². The third-order valence-electron chi connectivity index (χ3n) is 3.48. The molecule has 1 aromatic heterocycles. The zero-order valence-electron chi connectivity index (χ0n) is 10.7. The Morgan fingerprint density at radius 2 is 2.11 bits per heavy atom. The fourth-order valence-electron chi connectivity index (χ4n) is 1.91. The molecule has 0 aliphatic heterocycles. The molecule has 0 radical (unpaired) electrons. The molecule has 102 valence electrons. The number of aromatic amines is 2. The van der Waals surface area contributed by atoms with E-state index in [9.17, 15) is 9.59 Å². The van der Waals surface area contributed by atoms with Gasteiger partial charge in [-0.3, -0.25) is 9.78 Å². The third kappa shape index (κ3) is 3.43. The molecule has 0 unspecified atom stereocenters. The molecule has 7 nitrogen and oxygen atoms in total. The van der Waals surface area contributed by atoms with Gasteiger partial charge < -0.3 is 10.4 Å². The second kappa shape index (κ2) is 6.34. The van der Waals surface area contributed by atoms with Crippen molar-refractivity contribution in [1.82, 2.24) is 20.5 Å². The first kappa shape index (κ1) is 14.4. The summed E-state index contributed by atoms with van der Waals surface area (Å²) in [6.45, 7) is 4.61. The summed E-state index contributed by atoms with van der Waals surface area (Å²) in [6, 6.07) is 0. The predicted octanol–water partition coefficient (Wildman–Crippen LogP) is 0.0166. The molecule has 0 aliphatic carbocycles. The Hall–Kier alpha value is -1.63. The molecule has 7 heteroatoms. The lowest BCUT2D eigenvalue weighted by atomic mass is 9.79. The Morgan fingerprint density at radius 3 is 2.56 bits per heavy atom. The highest BCUT2D eigenvalue weighted by Gasteiger charge is 2.26. The Labute approximate surface area is 105 Å². The second-order valence-corrected chi connectivity index (χ2v) is 4.39. The third-order valence-corrected chi connectivity index (χ3v) is 3.48. The van der Waals surface area contributed by atoms with E-state index < -0.39 is 11.6 Å². The van der Waals surface area contributed by atoms with Crippen LogP contribution in [0.2, 0.25) is 0 Å². The van der Waals surface area contributed by atoms with E-state index >= 15 is 0 Å². The van der Waals surface area contributed by atoms with Crippen molar-refractivity contribution in [2.45, 2.75) is 33.1 Å². The van der Waals surface area contributed by atoms with Gasteiger partial charge in [0.1, 0.15) is 0 Å². The molecule has 1 heterocycles. The summed E-state index contributed by atoms with van der Waals surface area (Å²) < 4.78 is 0. The molecule has 4 N–H and O–H groups in total. The molecule has 1 rings (SSSR count). The quantitative estimate of drug-likeness (QED) is 0.551. The smallest absolute Gasteiger partial charge is 0.341 e. The average molecular weight is 256 g/mol. The van der Waals surface area contributed by atoms with Crippen molar-refractivity contribution in [3.8, 4) is 0 Å². The van der Waals surface area contributed by atoms with Crippen LogP contribution in [0.4, 0.5) is 0 Å². The molecule has 1 aromatic rings. The van der Waals surface area contributed by atoms with Gasteiger partial charge in [-0.05, 0) is 24.7 Å². The normalized spacial score (nSPS) is 11.5. The molecular formula is C11H20N4O3. The van der Waals surface area contributed by atoms with Crippen LogP contribution in [0.15, 0.2) is 4.79 Å². The molecule has 0 atom stereocenters. The summed E-state index contributed by atoms with van der Waals surface area (Å²) in [6.07, 6.45) is 2.36. The number of hydrogen-bond donors (Lipinski definition) is 4. The fraction of sp³-hybridized carbons (Fsp3) is 0.727. The van der Waals surface area contributed by atoms with Crippen molar-refractivity contribution in [3.05, 3.63) is 16.3 Å². The molecule has 0 saturated heterocycles. The summed E-state index contributed by atoms with van der Waals surface area (Å²) in [5.41, 5.74) is -0.617. The highest BCUT2D eigenvalue weighted by molar-refractivity contribution is 5.90. The lowest BCUT2D eigenvalue weighted by molar-refractivity contribution is 0.0897. The zero-order chi connectivity index (χ0) is 13.6. The number of aliphatic hydroxyl groups is 1. The lowest BCUT2D eigenvalue weighted by Crippen LogP contribution is -2.38. The Balaban J connectivity index is 2.62. The maximum Gasteiger partial charge on any atom is 0.341 e. The second-order valence-electron chi connectivity index (χ2n) is 4.39. The number of aromatic nitrogens is 3. The monoisotopic (exact) mass is 256 g/mol. The van der Waals surface area contributed by atoms with Crippen LogP contribution in [0.3, 0.4) is 0 Å².